The Bertz CT molecular complexity index is 513. The molecule has 2 nitrogen and oxygen atoms in total. The number of anilines is 1. The van der Waals surface area contributed by atoms with Crippen LogP contribution < -0.4 is 10.6 Å². The van der Waals surface area contributed by atoms with E-state index in [-0.39, 0.29) is 12.6 Å². The Morgan fingerprint density at radius 2 is 1.90 bits per heavy atom. The second-order valence-corrected chi connectivity index (χ2v) is 6.15. The number of nitrogens with zero attached hydrogens (tertiary/aromatic N) is 1. The summed E-state index contributed by atoms with van der Waals surface area (Å²) in [7, 11) is 0. The summed E-state index contributed by atoms with van der Waals surface area (Å²) in [5, 5.41) is 0. The van der Waals surface area contributed by atoms with E-state index in [0.717, 1.165) is 38.6 Å². The molecule has 1 aromatic rings. The number of alkyl halides is 3. The van der Waals surface area contributed by atoms with E-state index in [1.54, 1.807) is 12.1 Å². The molecule has 0 radical (unpaired) electrons. The Hall–Kier alpha value is -1.23. The van der Waals surface area contributed by atoms with Gasteiger partial charge >= 0.3 is 6.18 Å². The fraction of sp³-hybridized carbons (Fsp3) is 0.625. The molecule has 1 saturated carbocycles. The molecule has 0 amide bonds. The lowest BCUT2D eigenvalue weighted by Crippen LogP contribution is -2.43. The van der Waals surface area contributed by atoms with Crippen LogP contribution in [0.4, 0.5) is 18.9 Å². The standard InChI is InChI=1S/C16H21F3N2/c17-16(18,19)13-9-11(10-20)6-7-15(13)21-8-2-4-12-3-1-5-14(12)21/h6-7,9,12,14H,1-5,8,10,20H2. The zero-order valence-electron chi connectivity index (χ0n) is 12.0. The lowest BCUT2D eigenvalue weighted by Gasteiger charge is -2.40. The number of hydrogen-bond donors (Lipinski definition) is 1. The number of hydrogen-bond acceptors (Lipinski definition) is 2. The molecule has 1 aliphatic heterocycles. The molecule has 2 aliphatic rings. The summed E-state index contributed by atoms with van der Waals surface area (Å²) in [5.74, 6) is 0.564. The van der Waals surface area contributed by atoms with Crippen LogP contribution in [-0.2, 0) is 12.7 Å². The van der Waals surface area contributed by atoms with Gasteiger partial charge in [0.05, 0.1) is 5.56 Å². The van der Waals surface area contributed by atoms with Crippen LogP contribution in [0.15, 0.2) is 18.2 Å². The minimum absolute atomic E-state index is 0.134. The van der Waals surface area contributed by atoms with Gasteiger partial charge in [-0.3, -0.25) is 0 Å². The second-order valence-electron chi connectivity index (χ2n) is 6.15. The van der Waals surface area contributed by atoms with Crippen LogP contribution in [0, 0.1) is 5.92 Å². The first kappa shape index (κ1) is 14.7. The molecule has 116 valence electrons. The zero-order chi connectivity index (χ0) is 15.0. The molecule has 1 aliphatic carbocycles. The molecule has 2 fully saturated rings. The van der Waals surface area contributed by atoms with Crippen molar-refractivity contribution in [3.8, 4) is 0 Å². The van der Waals surface area contributed by atoms with E-state index in [4.69, 9.17) is 5.73 Å². The summed E-state index contributed by atoms with van der Waals surface area (Å²) in [4.78, 5) is 2.00. The van der Waals surface area contributed by atoms with Crippen molar-refractivity contribution in [2.45, 2.75) is 50.9 Å². The third-order valence-corrected chi connectivity index (χ3v) is 4.90. The molecule has 1 aromatic carbocycles. The van der Waals surface area contributed by atoms with Crippen LogP contribution in [0.5, 0.6) is 0 Å². The first-order valence-corrected chi connectivity index (χ1v) is 7.67. The highest BCUT2D eigenvalue weighted by atomic mass is 19.4. The summed E-state index contributed by atoms with van der Waals surface area (Å²) < 4.78 is 40.2. The van der Waals surface area contributed by atoms with E-state index < -0.39 is 11.7 Å². The molecule has 1 heterocycles. The minimum Gasteiger partial charge on any atom is -0.368 e. The average Bonchev–Trinajstić information content (AvgIpc) is 2.94. The molecule has 3 rings (SSSR count). The molecule has 21 heavy (non-hydrogen) atoms. The van der Waals surface area contributed by atoms with Crippen molar-refractivity contribution in [3.63, 3.8) is 0 Å². The van der Waals surface area contributed by atoms with Gasteiger partial charge in [0.25, 0.3) is 0 Å². The summed E-state index contributed by atoms with van der Waals surface area (Å²) in [5.41, 5.74) is 5.84. The highest BCUT2D eigenvalue weighted by Gasteiger charge is 2.40. The summed E-state index contributed by atoms with van der Waals surface area (Å²) in [6, 6.07) is 4.84. The predicted molar refractivity (Wildman–Crippen MR) is 77.0 cm³/mol. The Kier molecular flexibility index (Phi) is 3.86. The van der Waals surface area contributed by atoms with Crippen molar-refractivity contribution in [2.75, 3.05) is 11.4 Å². The second kappa shape index (κ2) is 5.52. The van der Waals surface area contributed by atoms with E-state index in [2.05, 4.69) is 0 Å². The third kappa shape index (κ3) is 2.76. The smallest absolute Gasteiger partial charge is 0.368 e. The van der Waals surface area contributed by atoms with Crippen molar-refractivity contribution in [3.05, 3.63) is 29.3 Å². The van der Waals surface area contributed by atoms with Crippen LogP contribution in [0.1, 0.15) is 43.2 Å². The van der Waals surface area contributed by atoms with Gasteiger partial charge in [0, 0.05) is 24.8 Å². The number of rotatable bonds is 2. The van der Waals surface area contributed by atoms with Gasteiger partial charge in [-0.05, 0) is 49.3 Å². The van der Waals surface area contributed by atoms with Crippen LogP contribution in [-0.4, -0.2) is 12.6 Å². The fourth-order valence-electron chi connectivity index (χ4n) is 3.94. The lowest BCUT2D eigenvalue weighted by molar-refractivity contribution is -0.137. The van der Waals surface area contributed by atoms with Gasteiger partial charge in [-0.2, -0.15) is 13.2 Å². The molecule has 0 aromatic heterocycles. The lowest BCUT2D eigenvalue weighted by atomic mass is 9.90. The fourth-order valence-corrected chi connectivity index (χ4v) is 3.94. The summed E-state index contributed by atoms with van der Waals surface area (Å²) >= 11 is 0. The molecule has 0 bridgehead atoms. The highest BCUT2D eigenvalue weighted by molar-refractivity contribution is 5.57. The minimum atomic E-state index is -4.33. The summed E-state index contributed by atoms with van der Waals surface area (Å²) in [6.45, 7) is 0.863. The van der Waals surface area contributed by atoms with E-state index in [0.29, 0.717) is 17.2 Å². The molecular weight excluding hydrogens is 277 g/mol. The van der Waals surface area contributed by atoms with Crippen LogP contribution in [0.25, 0.3) is 0 Å². The number of benzene rings is 1. The number of nitrogens with two attached hydrogens (primary N) is 1. The third-order valence-electron chi connectivity index (χ3n) is 4.90. The summed E-state index contributed by atoms with van der Waals surface area (Å²) in [6.07, 6.45) is 1.12. The maximum Gasteiger partial charge on any atom is 0.418 e. The van der Waals surface area contributed by atoms with Gasteiger partial charge in [-0.1, -0.05) is 12.5 Å². The van der Waals surface area contributed by atoms with Crippen molar-refractivity contribution >= 4 is 5.69 Å². The van der Waals surface area contributed by atoms with Crippen LogP contribution in [0.2, 0.25) is 0 Å². The maximum atomic E-state index is 13.4. The Morgan fingerprint density at radius 1 is 1.14 bits per heavy atom. The van der Waals surface area contributed by atoms with Crippen molar-refractivity contribution in [1.29, 1.82) is 0 Å². The van der Waals surface area contributed by atoms with E-state index in [1.165, 1.54) is 6.07 Å². The van der Waals surface area contributed by atoms with Crippen molar-refractivity contribution in [1.82, 2.24) is 0 Å². The molecule has 2 atom stereocenters. The van der Waals surface area contributed by atoms with Crippen LogP contribution >= 0.6 is 0 Å². The van der Waals surface area contributed by atoms with E-state index >= 15 is 0 Å². The number of fused-ring (bicyclic) bond motifs is 1. The van der Waals surface area contributed by atoms with Gasteiger partial charge < -0.3 is 10.6 Å². The number of halogens is 3. The molecule has 2 unspecified atom stereocenters. The molecule has 0 spiro atoms. The van der Waals surface area contributed by atoms with Gasteiger partial charge in [0.1, 0.15) is 0 Å². The molecular formula is C16H21F3N2. The van der Waals surface area contributed by atoms with E-state index in [1.807, 2.05) is 4.90 Å². The quantitative estimate of drug-likeness (QED) is 0.896. The number of piperidine rings is 1. The van der Waals surface area contributed by atoms with Crippen molar-refractivity contribution in [2.24, 2.45) is 11.7 Å². The van der Waals surface area contributed by atoms with Crippen LogP contribution in [0.3, 0.4) is 0 Å². The van der Waals surface area contributed by atoms with E-state index in [9.17, 15) is 13.2 Å². The molecule has 2 N–H and O–H groups in total. The Labute approximate surface area is 123 Å². The molecule has 1 saturated heterocycles. The maximum absolute atomic E-state index is 13.4. The Balaban J connectivity index is 2.00. The monoisotopic (exact) mass is 298 g/mol. The zero-order valence-corrected chi connectivity index (χ0v) is 12.0. The first-order valence-electron chi connectivity index (χ1n) is 7.67. The SMILES string of the molecule is NCc1ccc(N2CCCC3CCCC32)c(C(F)(F)F)c1. The van der Waals surface area contributed by atoms with Gasteiger partial charge in [0.15, 0.2) is 0 Å². The average molecular weight is 298 g/mol. The van der Waals surface area contributed by atoms with Gasteiger partial charge in [0.2, 0.25) is 0 Å². The predicted octanol–water partition coefficient (Wildman–Crippen LogP) is 3.93. The largest absolute Gasteiger partial charge is 0.418 e. The topological polar surface area (TPSA) is 29.3 Å². The Morgan fingerprint density at radius 3 is 2.62 bits per heavy atom. The van der Waals surface area contributed by atoms with Gasteiger partial charge in [-0.15, -0.1) is 0 Å². The highest BCUT2D eigenvalue weighted by Crippen LogP contribution is 2.43. The first-order chi connectivity index (χ1) is 10.0. The normalized spacial score (nSPS) is 26.0. The molecule has 5 heteroatoms. The van der Waals surface area contributed by atoms with Crippen molar-refractivity contribution < 1.29 is 13.2 Å². The van der Waals surface area contributed by atoms with Gasteiger partial charge in [-0.25, -0.2) is 0 Å².